The molecule has 0 fully saturated rings. The fourth-order valence-corrected chi connectivity index (χ4v) is 3.62. The second kappa shape index (κ2) is 10.6. The summed E-state index contributed by atoms with van der Waals surface area (Å²) in [5.74, 6) is -2.94. The Kier molecular flexibility index (Phi) is 9.21. The smallest absolute Gasteiger partial charge is 0.0725 e. The molecular weight excluding hydrogens is 407 g/mol. The summed E-state index contributed by atoms with van der Waals surface area (Å²) in [4.78, 5) is 22.4. The van der Waals surface area contributed by atoms with Crippen LogP contribution in [-0.2, 0) is 0 Å². The minimum absolute atomic E-state index is 0.0459. The Labute approximate surface area is 151 Å². The van der Waals surface area contributed by atoms with Crippen LogP contribution in [0.15, 0.2) is 18.2 Å². The molecule has 0 bridgehead atoms. The highest BCUT2D eigenvalue weighted by molar-refractivity contribution is 14.1. The number of carboxylic acids is 2. The fourth-order valence-electron chi connectivity index (χ4n) is 2.67. The molecule has 5 heteroatoms. The van der Waals surface area contributed by atoms with E-state index in [0.717, 1.165) is 19.3 Å². The molecule has 0 N–H and O–H groups in total. The molecule has 0 aliphatic heterocycles. The summed E-state index contributed by atoms with van der Waals surface area (Å²) in [5, 5.41) is 22.4. The first-order valence-corrected chi connectivity index (χ1v) is 9.43. The molecule has 1 aromatic rings. The molecule has 0 radical (unpaired) electrons. The van der Waals surface area contributed by atoms with Gasteiger partial charge in [0.15, 0.2) is 0 Å². The van der Waals surface area contributed by atoms with Gasteiger partial charge in [-0.1, -0.05) is 92.7 Å². The lowest BCUT2D eigenvalue weighted by molar-refractivity contribution is -0.259. The van der Waals surface area contributed by atoms with Gasteiger partial charge in [-0.25, -0.2) is 0 Å². The minimum Gasteiger partial charge on any atom is -0.545 e. The molecule has 0 heterocycles. The lowest BCUT2D eigenvalue weighted by Crippen LogP contribution is -2.31. The van der Waals surface area contributed by atoms with Crippen LogP contribution >= 0.6 is 22.6 Å². The van der Waals surface area contributed by atoms with Crippen molar-refractivity contribution in [3.8, 4) is 0 Å². The maximum atomic E-state index is 11.3. The Morgan fingerprint density at radius 2 is 1.61 bits per heavy atom. The second-order valence-electron chi connectivity index (χ2n) is 5.72. The van der Waals surface area contributed by atoms with E-state index in [1.807, 2.05) is 0 Å². The zero-order valence-corrected chi connectivity index (χ0v) is 15.6. The summed E-state index contributed by atoms with van der Waals surface area (Å²) in [7, 11) is 0. The van der Waals surface area contributed by atoms with Crippen molar-refractivity contribution in [3.63, 3.8) is 0 Å². The van der Waals surface area contributed by atoms with Crippen molar-refractivity contribution in [3.05, 3.63) is 34.9 Å². The Morgan fingerprint density at radius 3 is 2.17 bits per heavy atom. The molecule has 1 atom stereocenters. The first-order valence-electron chi connectivity index (χ1n) is 8.18. The summed E-state index contributed by atoms with van der Waals surface area (Å²) >= 11 is 2.18. The van der Waals surface area contributed by atoms with Gasteiger partial charge in [0, 0.05) is 15.1 Å². The number of benzene rings is 1. The van der Waals surface area contributed by atoms with Crippen LogP contribution in [0.25, 0.3) is 0 Å². The van der Waals surface area contributed by atoms with E-state index in [0.29, 0.717) is 5.56 Å². The average molecular weight is 430 g/mol. The highest BCUT2D eigenvalue weighted by atomic mass is 127. The minimum atomic E-state index is -1.48. The van der Waals surface area contributed by atoms with Gasteiger partial charge in [0.05, 0.1) is 11.9 Å². The molecule has 1 rings (SSSR count). The van der Waals surface area contributed by atoms with Crippen molar-refractivity contribution in [2.45, 2.75) is 62.2 Å². The van der Waals surface area contributed by atoms with Crippen LogP contribution in [0.4, 0.5) is 0 Å². The number of rotatable bonds is 11. The van der Waals surface area contributed by atoms with E-state index in [2.05, 4.69) is 29.5 Å². The summed E-state index contributed by atoms with van der Waals surface area (Å²) in [6.07, 6.45) is 9.15. The molecule has 128 valence electrons. The van der Waals surface area contributed by atoms with Crippen LogP contribution in [0.1, 0.15) is 88.5 Å². The number of carbonyl (C=O) groups is 2. The van der Waals surface area contributed by atoms with Gasteiger partial charge >= 0.3 is 0 Å². The van der Waals surface area contributed by atoms with Crippen LogP contribution in [0.3, 0.4) is 0 Å². The molecule has 1 unspecified atom stereocenters. The van der Waals surface area contributed by atoms with Gasteiger partial charge in [-0.2, -0.15) is 0 Å². The maximum absolute atomic E-state index is 11.3. The number of unbranched alkanes of at least 4 members (excludes halogenated alkanes) is 6. The van der Waals surface area contributed by atoms with Crippen LogP contribution in [0.5, 0.6) is 0 Å². The van der Waals surface area contributed by atoms with Gasteiger partial charge in [-0.15, -0.1) is 0 Å². The third-order valence-corrected chi connectivity index (χ3v) is 5.21. The van der Waals surface area contributed by atoms with Crippen molar-refractivity contribution >= 4 is 34.5 Å². The molecule has 0 saturated heterocycles. The normalized spacial score (nSPS) is 12.1. The first kappa shape index (κ1) is 19.9. The predicted octanol–water partition coefficient (Wildman–Crippen LogP) is 3.03. The Morgan fingerprint density at radius 1 is 1.00 bits per heavy atom. The number of halogens is 1. The maximum Gasteiger partial charge on any atom is 0.0725 e. The zero-order chi connectivity index (χ0) is 17.2. The molecule has 0 amide bonds. The molecule has 1 aromatic carbocycles. The van der Waals surface area contributed by atoms with Crippen molar-refractivity contribution in [2.75, 3.05) is 0 Å². The topological polar surface area (TPSA) is 80.3 Å². The van der Waals surface area contributed by atoms with Gasteiger partial charge in [-0.05, 0) is 12.0 Å². The number of hydrogen-bond donors (Lipinski definition) is 0. The summed E-state index contributed by atoms with van der Waals surface area (Å²) in [6, 6.07) is 4.47. The van der Waals surface area contributed by atoms with E-state index in [-0.39, 0.29) is 15.1 Å². The molecule has 4 nitrogen and oxygen atoms in total. The van der Waals surface area contributed by atoms with Crippen molar-refractivity contribution < 1.29 is 19.8 Å². The Balaban J connectivity index is 2.62. The van der Waals surface area contributed by atoms with Crippen LogP contribution in [0.2, 0.25) is 0 Å². The largest absolute Gasteiger partial charge is 0.545 e. The van der Waals surface area contributed by atoms with Crippen molar-refractivity contribution in [1.82, 2.24) is 0 Å². The van der Waals surface area contributed by atoms with Gasteiger partial charge in [0.1, 0.15) is 0 Å². The number of alkyl halides is 1. The third-order valence-electron chi connectivity index (χ3n) is 3.92. The molecule has 23 heavy (non-hydrogen) atoms. The Hall–Kier alpha value is -1.11. The van der Waals surface area contributed by atoms with E-state index in [9.17, 15) is 19.8 Å². The Bertz CT molecular complexity index is 528. The quantitative estimate of drug-likeness (QED) is 0.307. The van der Waals surface area contributed by atoms with Gasteiger partial charge in [-0.3, -0.25) is 0 Å². The van der Waals surface area contributed by atoms with Gasteiger partial charge in [0.2, 0.25) is 0 Å². The molecule has 0 saturated carbocycles. The number of carboxylic acid groups (broad SMARTS) is 2. The number of aromatic carboxylic acids is 2. The van der Waals surface area contributed by atoms with Gasteiger partial charge < -0.3 is 19.8 Å². The number of carbonyl (C=O) groups excluding carboxylic acids is 2. The average Bonchev–Trinajstić information content (AvgIpc) is 2.52. The van der Waals surface area contributed by atoms with Crippen molar-refractivity contribution in [2.24, 2.45) is 0 Å². The summed E-state index contributed by atoms with van der Waals surface area (Å²) in [6.45, 7) is 2.19. The molecular formula is C18H23IO4-2. The highest BCUT2D eigenvalue weighted by Gasteiger charge is 2.16. The van der Waals surface area contributed by atoms with E-state index < -0.39 is 11.9 Å². The standard InChI is InChI=1S/C18H25IO4/c1-2-3-4-5-6-7-8-12-15(19)13-10-9-11-14(17(20)21)16(13)18(22)23/h9-11,15H,2-8,12H2,1H3,(H,20,21)(H,22,23)/p-2. The second-order valence-corrected chi connectivity index (χ2v) is 7.23. The van der Waals surface area contributed by atoms with Crippen LogP contribution in [0, 0.1) is 0 Å². The molecule has 0 aliphatic rings. The van der Waals surface area contributed by atoms with Crippen LogP contribution in [-0.4, -0.2) is 11.9 Å². The molecule has 0 aromatic heterocycles. The molecule has 0 aliphatic carbocycles. The lowest BCUT2D eigenvalue weighted by Gasteiger charge is -2.19. The summed E-state index contributed by atoms with van der Waals surface area (Å²) < 4.78 is -0.0459. The third kappa shape index (κ3) is 6.49. The van der Waals surface area contributed by atoms with E-state index in [4.69, 9.17) is 0 Å². The van der Waals surface area contributed by atoms with E-state index in [1.54, 1.807) is 12.1 Å². The lowest BCUT2D eigenvalue weighted by atomic mass is 9.96. The molecule has 0 spiro atoms. The monoisotopic (exact) mass is 430 g/mol. The number of hydrogen-bond acceptors (Lipinski definition) is 4. The SMILES string of the molecule is CCCCCCCCCC(I)c1cccc(C(=O)[O-])c1C(=O)[O-]. The van der Waals surface area contributed by atoms with E-state index in [1.165, 1.54) is 38.2 Å². The van der Waals surface area contributed by atoms with Gasteiger partial charge in [0.25, 0.3) is 0 Å². The zero-order valence-electron chi connectivity index (χ0n) is 13.5. The predicted molar refractivity (Wildman–Crippen MR) is 94.5 cm³/mol. The van der Waals surface area contributed by atoms with Crippen molar-refractivity contribution in [1.29, 1.82) is 0 Å². The summed E-state index contributed by atoms with van der Waals surface area (Å²) in [5.41, 5.74) is -0.0307. The highest BCUT2D eigenvalue weighted by Crippen LogP contribution is 2.33. The van der Waals surface area contributed by atoms with E-state index >= 15 is 0 Å². The van der Waals surface area contributed by atoms with Crippen LogP contribution < -0.4 is 10.2 Å². The fraction of sp³-hybridized carbons (Fsp3) is 0.556. The first-order chi connectivity index (χ1) is 11.0.